The van der Waals surface area contributed by atoms with Gasteiger partial charge < -0.3 is 14.9 Å². The van der Waals surface area contributed by atoms with Crippen LogP contribution in [0.5, 0.6) is 0 Å². The molecule has 1 atom stereocenters. The highest BCUT2D eigenvalue weighted by Crippen LogP contribution is 2.26. The Hall–Kier alpha value is -2.63. The second-order valence-corrected chi connectivity index (χ2v) is 3.95. The highest BCUT2D eigenvalue weighted by atomic mass is 16.6. The second-order valence-electron chi connectivity index (χ2n) is 3.95. The lowest BCUT2D eigenvalue weighted by molar-refractivity contribution is -0.147. The Morgan fingerprint density at radius 1 is 1.16 bits per heavy atom. The normalized spacial score (nSPS) is 21.2. The molecule has 0 radical (unpaired) electrons. The molecule has 6 nitrogen and oxygen atoms in total. The number of rotatable bonds is 3. The summed E-state index contributed by atoms with van der Waals surface area (Å²) in [5.74, 6) is -3.57. The van der Waals surface area contributed by atoms with Crippen LogP contribution >= 0.6 is 0 Å². The van der Waals surface area contributed by atoms with E-state index in [0.717, 1.165) is 0 Å². The molecule has 0 aliphatic carbocycles. The average molecular weight is 262 g/mol. The van der Waals surface area contributed by atoms with Crippen molar-refractivity contribution in [1.82, 2.24) is 0 Å². The molecule has 6 heteroatoms. The van der Waals surface area contributed by atoms with E-state index < -0.39 is 41.6 Å². The van der Waals surface area contributed by atoms with Gasteiger partial charge in [0, 0.05) is 5.56 Å². The third kappa shape index (κ3) is 2.47. The fourth-order valence-corrected chi connectivity index (χ4v) is 1.75. The molecule has 0 amide bonds. The van der Waals surface area contributed by atoms with Crippen LogP contribution in [0.2, 0.25) is 0 Å². The number of carboxylic acid groups (broad SMARTS) is 1. The van der Waals surface area contributed by atoms with E-state index >= 15 is 0 Å². The van der Waals surface area contributed by atoms with Gasteiger partial charge in [-0.2, -0.15) is 0 Å². The van der Waals surface area contributed by atoms with Gasteiger partial charge in [0.1, 0.15) is 11.3 Å². The van der Waals surface area contributed by atoms with Gasteiger partial charge in [0.2, 0.25) is 5.78 Å². The maximum Gasteiger partial charge on any atom is 0.346 e. The largest absolute Gasteiger partial charge is 0.506 e. The number of hydrogen-bond acceptors (Lipinski definition) is 5. The third-order valence-corrected chi connectivity index (χ3v) is 2.64. The van der Waals surface area contributed by atoms with E-state index in [0.29, 0.717) is 5.56 Å². The second kappa shape index (κ2) is 4.93. The minimum atomic E-state index is -1.37. The SMILES string of the molecule is O=C(O)CC1OC(=O)/C(=C(/O)c2ccccc2)C1=O. The van der Waals surface area contributed by atoms with Crippen LogP contribution in [0.4, 0.5) is 0 Å². The molecule has 0 saturated carbocycles. The van der Waals surface area contributed by atoms with Crippen molar-refractivity contribution in [3.05, 3.63) is 41.5 Å². The third-order valence-electron chi connectivity index (χ3n) is 2.64. The van der Waals surface area contributed by atoms with Crippen molar-refractivity contribution in [1.29, 1.82) is 0 Å². The number of carbonyl (C=O) groups is 3. The van der Waals surface area contributed by atoms with Crippen LogP contribution in [0, 0.1) is 0 Å². The number of ether oxygens (including phenoxy) is 1. The van der Waals surface area contributed by atoms with Crippen LogP contribution < -0.4 is 0 Å². The number of esters is 1. The lowest BCUT2D eigenvalue weighted by Crippen LogP contribution is -2.20. The van der Waals surface area contributed by atoms with Gasteiger partial charge >= 0.3 is 11.9 Å². The first-order valence-electron chi connectivity index (χ1n) is 5.46. The van der Waals surface area contributed by atoms with E-state index in [4.69, 9.17) is 5.11 Å². The fraction of sp³-hybridized carbons (Fsp3) is 0.154. The Morgan fingerprint density at radius 2 is 1.79 bits per heavy atom. The van der Waals surface area contributed by atoms with Crippen LogP contribution in [0.15, 0.2) is 35.9 Å². The zero-order valence-corrected chi connectivity index (χ0v) is 9.70. The van der Waals surface area contributed by atoms with Crippen molar-refractivity contribution in [3.8, 4) is 0 Å². The van der Waals surface area contributed by atoms with Gasteiger partial charge in [-0.15, -0.1) is 0 Å². The highest BCUT2D eigenvalue weighted by Gasteiger charge is 2.42. The minimum Gasteiger partial charge on any atom is -0.506 e. The van der Waals surface area contributed by atoms with E-state index in [2.05, 4.69) is 4.74 Å². The molecular weight excluding hydrogens is 252 g/mol. The average Bonchev–Trinajstić information content (AvgIpc) is 2.64. The number of hydrogen-bond donors (Lipinski definition) is 2. The van der Waals surface area contributed by atoms with E-state index in [-0.39, 0.29) is 0 Å². The molecule has 19 heavy (non-hydrogen) atoms. The minimum absolute atomic E-state index is 0.291. The molecular formula is C13H10O6. The molecule has 2 N–H and O–H groups in total. The Balaban J connectivity index is 2.37. The number of ketones is 1. The first-order chi connectivity index (χ1) is 9.00. The van der Waals surface area contributed by atoms with Crippen molar-refractivity contribution in [3.63, 3.8) is 0 Å². The summed E-state index contributed by atoms with van der Waals surface area (Å²) in [4.78, 5) is 33.9. The maximum absolute atomic E-state index is 11.8. The van der Waals surface area contributed by atoms with Crippen LogP contribution in [0.3, 0.4) is 0 Å². The zero-order valence-electron chi connectivity index (χ0n) is 9.70. The first kappa shape index (κ1) is 12.8. The molecule has 0 aromatic heterocycles. The Kier molecular flexibility index (Phi) is 3.33. The standard InChI is InChI=1S/C13H10O6/c14-9(15)6-8-12(17)10(13(18)19-8)11(16)7-4-2-1-3-5-7/h1-5,8,16H,6H2,(H,14,15)/b11-10+. The predicted octanol–water partition coefficient (Wildman–Crippen LogP) is 0.925. The van der Waals surface area contributed by atoms with Gasteiger partial charge in [-0.25, -0.2) is 4.79 Å². The number of Topliss-reactive ketones (excluding diaryl/α,β-unsaturated/α-hetero) is 1. The molecule has 1 fully saturated rings. The summed E-state index contributed by atoms with van der Waals surface area (Å²) in [5, 5.41) is 18.5. The van der Waals surface area contributed by atoms with Crippen molar-refractivity contribution in [2.24, 2.45) is 0 Å². The fourth-order valence-electron chi connectivity index (χ4n) is 1.75. The number of benzene rings is 1. The van der Waals surface area contributed by atoms with Gasteiger partial charge in [-0.3, -0.25) is 9.59 Å². The van der Waals surface area contributed by atoms with E-state index in [1.807, 2.05) is 0 Å². The molecule has 0 spiro atoms. The van der Waals surface area contributed by atoms with Crippen LogP contribution in [-0.4, -0.2) is 34.0 Å². The number of aliphatic hydroxyl groups excluding tert-OH is 1. The van der Waals surface area contributed by atoms with Crippen LogP contribution in [-0.2, 0) is 19.1 Å². The number of aliphatic carboxylic acids is 1. The summed E-state index contributed by atoms with van der Waals surface area (Å²) < 4.78 is 4.65. The predicted molar refractivity (Wildman–Crippen MR) is 63.1 cm³/mol. The maximum atomic E-state index is 11.8. The lowest BCUT2D eigenvalue weighted by Gasteiger charge is -2.02. The molecule has 98 valence electrons. The Morgan fingerprint density at radius 3 is 2.37 bits per heavy atom. The van der Waals surface area contributed by atoms with Crippen molar-refractivity contribution in [2.75, 3.05) is 0 Å². The molecule has 2 rings (SSSR count). The molecule has 1 heterocycles. The molecule has 1 unspecified atom stereocenters. The van der Waals surface area contributed by atoms with Crippen molar-refractivity contribution >= 4 is 23.5 Å². The molecule has 1 aromatic rings. The zero-order chi connectivity index (χ0) is 14.0. The summed E-state index contributed by atoms with van der Waals surface area (Å²) in [6.07, 6.45) is -1.98. The summed E-state index contributed by atoms with van der Waals surface area (Å²) in [6.45, 7) is 0. The lowest BCUT2D eigenvalue weighted by atomic mass is 10.0. The van der Waals surface area contributed by atoms with Gasteiger partial charge in [0.05, 0.1) is 6.42 Å². The van der Waals surface area contributed by atoms with E-state index in [1.165, 1.54) is 12.1 Å². The van der Waals surface area contributed by atoms with Gasteiger partial charge in [0.25, 0.3) is 0 Å². The Bertz CT molecular complexity index is 572. The summed E-state index contributed by atoms with van der Waals surface area (Å²) >= 11 is 0. The molecule has 0 bridgehead atoms. The monoisotopic (exact) mass is 262 g/mol. The highest BCUT2D eigenvalue weighted by molar-refractivity contribution is 6.27. The van der Waals surface area contributed by atoms with Gasteiger partial charge in [-0.1, -0.05) is 30.3 Å². The summed E-state index contributed by atoms with van der Waals surface area (Å²) in [6, 6.07) is 8.02. The quantitative estimate of drug-likeness (QED) is 0.363. The number of aliphatic hydroxyl groups is 1. The van der Waals surface area contributed by atoms with Crippen LogP contribution in [0.25, 0.3) is 5.76 Å². The van der Waals surface area contributed by atoms with Crippen molar-refractivity contribution < 1.29 is 29.3 Å². The van der Waals surface area contributed by atoms with Gasteiger partial charge in [0.15, 0.2) is 6.10 Å². The first-order valence-corrected chi connectivity index (χ1v) is 5.46. The number of carboxylic acids is 1. The summed E-state index contributed by atoms with van der Waals surface area (Å²) in [7, 11) is 0. The topological polar surface area (TPSA) is 101 Å². The Labute approximate surface area is 107 Å². The van der Waals surface area contributed by atoms with Gasteiger partial charge in [-0.05, 0) is 0 Å². The van der Waals surface area contributed by atoms with Crippen LogP contribution in [0.1, 0.15) is 12.0 Å². The summed E-state index contributed by atoms with van der Waals surface area (Å²) in [5.41, 5.74) is -0.212. The molecule has 1 saturated heterocycles. The molecule has 1 aliphatic heterocycles. The van der Waals surface area contributed by atoms with E-state index in [9.17, 15) is 19.5 Å². The number of cyclic esters (lactones) is 1. The molecule has 1 aliphatic rings. The van der Waals surface area contributed by atoms with E-state index in [1.54, 1.807) is 18.2 Å². The molecule has 1 aromatic carbocycles. The number of carbonyl (C=O) groups excluding carboxylic acids is 2. The smallest absolute Gasteiger partial charge is 0.346 e. The van der Waals surface area contributed by atoms with Crippen molar-refractivity contribution in [2.45, 2.75) is 12.5 Å².